The summed E-state index contributed by atoms with van der Waals surface area (Å²) in [7, 11) is 0. The number of amides is 2. The number of hydrogen-bond acceptors (Lipinski definition) is 8. The topological polar surface area (TPSA) is 126 Å². The molecule has 0 aliphatic carbocycles. The first kappa shape index (κ1) is 22.8. The minimum absolute atomic E-state index is 0.0674. The van der Waals surface area contributed by atoms with Crippen LogP contribution in [-0.4, -0.2) is 29.3 Å². The molecule has 0 saturated heterocycles. The monoisotopic (exact) mass is 471 g/mol. The van der Waals surface area contributed by atoms with E-state index in [-0.39, 0.29) is 28.1 Å². The fourth-order valence-electron chi connectivity index (χ4n) is 2.52. The van der Waals surface area contributed by atoms with Crippen molar-refractivity contribution in [1.29, 1.82) is 5.26 Å². The molecule has 0 aliphatic rings. The Hall–Kier alpha value is -3.87. The van der Waals surface area contributed by atoms with Gasteiger partial charge in [0.25, 0.3) is 5.91 Å². The van der Waals surface area contributed by atoms with Crippen molar-refractivity contribution in [2.45, 2.75) is 6.92 Å². The molecule has 2 N–H and O–H groups in total. The molecule has 0 radical (unpaired) electrons. The lowest BCUT2D eigenvalue weighted by atomic mass is 10.2. The van der Waals surface area contributed by atoms with Crippen molar-refractivity contribution in [3.63, 3.8) is 0 Å². The molecule has 0 bridgehead atoms. The van der Waals surface area contributed by atoms with Gasteiger partial charge in [0.1, 0.15) is 11.8 Å². The van der Waals surface area contributed by atoms with Crippen molar-refractivity contribution in [3.05, 3.63) is 58.7 Å². The quantitative estimate of drug-likeness (QED) is 0.386. The van der Waals surface area contributed by atoms with E-state index in [9.17, 15) is 9.59 Å². The number of aromatic nitrogens is 1. The first-order valence-corrected chi connectivity index (χ1v) is 9.90. The zero-order valence-corrected chi connectivity index (χ0v) is 18.1. The zero-order chi connectivity index (χ0) is 23.1. The highest BCUT2D eigenvalue weighted by molar-refractivity contribution is 6.47. The number of fused-ring (bicyclic) bond motifs is 1. The molecule has 3 aromatic rings. The highest BCUT2D eigenvalue weighted by Gasteiger charge is 2.16. The van der Waals surface area contributed by atoms with Crippen LogP contribution in [0.15, 0.2) is 53.8 Å². The number of rotatable bonds is 6. The summed E-state index contributed by atoms with van der Waals surface area (Å²) < 4.78 is 10.4. The van der Waals surface area contributed by atoms with Crippen molar-refractivity contribution in [2.75, 3.05) is 12.0 Å². The number of benzene rings is 2. The van der Waals surface area contributed by atoms with E-state index in [1.165, 1.54) is 12.1 Å². The number of anilines is 1. The van der Waals surface area contributed by atoms with Gasteiger partial charge in [-0.25, -0.2) is 4.79 Å². The van der Waals surface area contributed by atoms with E-state index < -0.39 is 17.7 Å². The second-order valence-electron chi connectivity index (χ2n) is 6.09. The number of imide groups is 1. The zero-order valence-electron chi connectivity index (χ0n) is 16.6. The van der Waals surface area contributed by atoms with E-state index in [1.807, 2.05) is 23.5 Å². The number of carbonyl (C=O) groups is 2. The maximum absolute atomic E-state index is 11.9. The predicted molar refractivity (Wildman–Crippen MR) is 120 cm³/mol. The Morgan fingerprint density at radius 2 is 1.94 bits per heavy atom. The number of carbonyl (C=O) groups excluding carboxylic acids is 2. The van der Waals surface area contributed by atoms with Gasteiger partial charge >= 0.3 is 6.09 Å². The van der Waals surface area contributed by atoms with Crippen molar-refractivity contribution in [2.24, 2.45) is 5.10 Å². The second-order valence-corrected chi connectivity index (χ2v) is 6.90. The molecule has 0 aliphatic heterocycles. The molecule has 0 unspecified atom stereocenters. The highest BCUT2D eigenvalue weighted by Crippen LogP contribution is 2.39. The van der Waals surface area contributed by atoms with Gasteiger partial charge in [0.05, 0.1) is 27.9 Å². The van der Waals surface area contributed by atoms with Crippen LogP contribution in [0, 0.1) is 11.3 Å². The van der Waals surface area contributed by atoms with Gasteiger partial charge in [0.2, 0.25) is 5.71 Å². The second kappa shape index (κ2) is 10.4. The Morgan fingerprint density at radius 3 is 2.62 bits per heavy atom. The smallest absolute Gasteiger partial charge is 0.414 e. The first-order chi connectivity index (χ1) is 15.4. The minimum Gasteiger partial charge on any atom is -0.454 e. The summed E-state index contributed by atoms with van der Waals surface area (Å²) in [4.78, 5) is 27.4. The number of alkyl carbamates (subject to hydrolysis) is 1. The van der Waals surface area contributed by atoms with Crippen molar-refractivity contribution in [1.82, 2.24) is 10.3 Å². The molecule has 1 aromatic heterocycles. The molecule has 32 heavy (non-hydrogen) atoms. The normalized spacial score (nSPS) is 10.9. The lowest BCUT2D eigenvalue weighted by Crippen LogP contribution is -2.36. The van der Waals surface area contributed by atoms with Gasteiger partial charge in [0.15, 0.2) is 5.75 Å². The van der Waals surface area contributed by atoms with E-state index in [4.69, 9.17) is 33.2 Å². The maximum Gasteiger partial charge on any atom is 0.414 e. The molecule has 0 saturated carbocycles. The van der Waals surface area contributed by atoms with Crippen LogP contribution in [0.4, 0.5) is 10.5 Å². The Labute approximate surface area is 192 Å². The maximum atomic E-state index is 11.9. The number of nitrogens with zero attached hydrogens (tertiary/aromatic N) is 3. The van der Waals surface area contributed by atoms with E-state index in [0.29, 0.717) is 5.75 Å². The molecular formula is C21H15Cl2N5O4. The molecule has 3 rings (SSSR count). The summed E-state index contributed by atoms with van der Waals surface area (Å²) in [6.07, 6.45) is 0.709. The van der Waals surface area contributed by atoms with Crippen LogP contribution in [0.3, 0.4) is 0 Å². The fourth-order valence-corrected chi connectivity index (χ4v) is 3.09. The third kappa shape index (κ3) is 5.63. The Bertz CT molecular complexity index is 1230. The van der Waals surface area contributed by atoms with Gasteiger partial charge in [-0.15, -0.1) is 0 Å². The van der Waals surface area contributed by atoms with E-state index in [2.05, 4.69) is 20.2 Å². The molecule has 9 nitrogen and oxygen atoms in total. The molecule has 0 spiro atoms. The van der Waals surface area contributed by atoms with Gasteiger partial charge in [0, 0.05) is 11.6 Å². The largest absolute Gasteiger partial charge is 0.454 e. The van der Waals surface area contributed by atoms with Crippen LogP contribution < -0.4 is 15.5 Å². The summed E-state index contributed by atoms with van der Waals surface area (Å²) in [6, 6.07) is 13.5. The summed E-state index contributed by atoms with van der Waals surface area (Å²) in [5, 5.41) is 15.9. The molecule has 2 aromatic carbocycles. The molecule has 162 valence electrons. The minimum atomic E-state index is -1.03. The summed E-state index contributed by atoms with van der Waals surface area (Å²) >= 11 is 12.6. The molecule has 1 heterocycles. The van der Waals surface area contributed by atoms with E-state index in [1.54, 1.807) is 31.3 Å². The molecular weight excluding hydrogens is 457 g/mol. The number of hydrazone groups is 1. The fraction of sp³-hybridized carbons (Fsp3) is 0.0952. The van der Waals surface area contributed by atoms with Crippen molar-refractivity contribution >= 4 is 57.5 Å². The summed E-state index contributed by atoms with van der Waals surface area (Å²) in [5.74, 6) is -0.302. The summed E-state index contributed by atoms with van der Waals surface area (Å²) in [6.45, 7) is 1.64. The van der Waals surface area contributed by atoms with Gasteiger partial charge in [-0.2, -0.15) is 10.4 Å². The number of nitrogens with one attached hydrogen (secondary N) is 2. The number of halogens is 2. The van der Waals surface area contributed by atoms with Gasteiger partial charge in [-0.05, 0) is 43.3 Å². The van der Waals surface area contributed by atoms with Crippen LogP contribution in [0.2, 0.25) is 10.0 Å². The number of nitriles is 1. The lowest BCUT2D eigenvalue weighted by molar-refractivity contribution is -0.114. The lowest BCUT2D eigenvalue weighted by Gasteiger charge is -2.12. The van der Waals surface area contributed by atoms with Crippen molar-refractivity contribution < 1.29 is 19.1 Å². The number of pyridine rings is 1. The average Bonchev–Trinajstić information content (AvgIpc) is 2.76. The predicted octanol–water partition coefficient (Wildman–Crippen LogP) is 4.90. The molecule has 0 atom stereocenters. The Kier molecular flexibility index (Phi) is 7.44. The average molecular weight is 472 g/mol. The van der Waals surface area contributed by atoms with Crippen LogP contribution in [0.25, 0.3) is 10.9 Å². The van der Waals surface area contributed by atoms with Crippen LogP contribution in [0.1, 0.15) is 6.92 Å². The third-order valence-electron chi connectivity index (χ3n) is 3.90. The van der Waals surface area contributed by atoms with Gasteiger partial charge in [-0.3, -0.25) is 20.5 Å². The van der Waals surface area contributed by atoms with Crippen LogP contribution in [0.5, 0.6) is 11.5 Å². The molecule has 2 amide bonds. The summed E-state index contributed by atoms with van der Waals surface area (Å²) in [5.41, 5.74) is 3.00. The third-order valence-corrected chi connectivity index (χ3v) is 4.46. The molecule has 11 heteroatoms. The van der Waals surface area contributed by atoms with Crippen LogP contribution >= 0.6 is 23.2 Å². The van der Waals surface area contributed by atoms with E-state index in [0.717, 1.165) is 10.9 Å². The van der Waals surface area contributed by atoms with Crippen LogP contribution in [-0.2, 0) is 9.53 Å². The number of hydrogen-bond donors (Lipinski definition) is 2. The standard InChI is InChI=1S/C21H15Cl2N5O4/c1-2-31-21(30)26-20(29)18(11-24)28-27-13-9-15(22)19(16(23)10-13)32-14-5-6-17-12(8-14)4-3-7-25-17/h3-10,27H,2H2,1H3,(H,26,29,30)/b28-18+. The Morgan fingerprint density at radius 1 is 1.19 bits per heavy atom. The molecule has 0 fully saturated rings. The van der Waals surface area contributed by atoms with E-state index >= 15 is 0 Å². The van der Waals surface area contributed by atoms with Crippen molar-refractivity contribution in [3.8, 4) is 17.6 Å². The SMILES string of the molecule is CCOC(=O)NC(=O)/C(C#N)=N/Nc1cc(Cl)c(Oc2ccc3ncccc3c2)c(Cl)c1. The first-order valence-electron chi connectivity index (χ1n) is 9.15. The van der Waals surface area contributed by atoms with Gasteiger partial charge in [-0.1, -0.05) is 29.3 Å². The number of ether oxygens (including phenoxy) is 2. The highest BCUT2D eigenvalue weighted by atomic mass is 35.5. The van der Waals surface area contributed by atoms with Gasteiger partial charge < -0.3 is 9.47 Å². The Balaban J connectivity index is 1.76.